The summed E-state index contributed by atoms with van der Waals surface area (Å²) in [4.78, 5) is 9.98. The number of furan rings is 1. The summed E-state index contributed by atoms with van der Waals surface area (Å²) in [7, 11) is 0. The molecule has 0 spiro atoms. The zero-order valence-corrected chi connectivity index (χ0v) is 34.0. The first-order valence-electron chi connectivity index (χ1n) is 21.3. The standard InChI is InChI=1S/C58H36N4O/c1-3-13-37(14-4-1)51-33-43(34-52(60-51)38-15-5-2-6-16-38)62-54-21-11-8-18-45(54)48-31-40(26-30-55(48)62)41-25-29-46-44-17-7-10-20-53(44)61(56(46)32-41)42-27-23-39(24-28-42)50-35-49-47-19-9-12-22-57(47)63-58(49)36-59-50/h1-36H. The van der Waals surface area contributed by atoms with E-state index in [1.165, 1.54) is 27.1 Å². The lowest BCUT2D eigenvalue weighted by Crippen LogP contribution is -1.98. The van der Waals surface area contributed by atoms with E-state index in [1.807, 2.05) is 24.4 Å². The summed E-state index contributed by atoms with van der Waals surface area (Å²) in [5.41, 5.74) is 16.8. The number of hydrogen-bond acceptors (Lipinski definition) is 3. The average Bonchev–Trinajstić information content (AvgIpc) is 4.01. The predicted octanol–water partition coefficient (Wildman–Crippen LogP) is 15.2. The molecule has 0 aliphatic carbocycles. The van der Waals surface area contributed by atoms with E-state index in [1.54, 1.807) is 0 Å². The van der Waals surface area contributed by atoms with E-state index in [9.17, 15) is 0 Å². The molecule has 0 saturated carbocycles. The van der Waals surface area contributed by atoms with Gasteiger partial charge in [-0.15, -0.1) is 0 Å². The molecule has 63 heavy (non-hydrogen) atoms. The van der Waals surface area contributed by atoms with Gasteiger partial charge in [0.2, 0.25) is 0 Å². The smallest absolute Gasteiger partial charge is 0.153 e. The van der Waals surface area contributed by atoms with Gasteiger partial charge in [-0.2, -0.15) is 0 Å². The van der Waals surface area contributed by atoms with Gasteiger partial charge >= 0.3 is 0 Å². The first kappa shape index (κ1) is 35.2. The van der Waals surface area contributed by atoms with Gasteiger partial charge in [-0.05, 0) is 77.9 Å². The van der Waals surface area contributed by atoms with Crippen molar-refractivity contribution in [3.8, 4) is 56.3 Å². The maximum absolute atomic E-state index is 6.06. The maximum atomic E-state index is 6.06. The van der Waals surface area contributed by atoms with Gasteiger partial charge in [0.05, 0.1) is 51.0 Å². The van der Waals surface area contributed by atoms with Crippen LogP contribution in [0.1, 0.15) is 0 Å². The van der Waals surface area contributed by atoms with Crippen molar-refractivity contribution in [3.05, 3.63) is 219 Å². The SMILES string of the molecule is c1ccc(-c2cc(-n3c4ccccc4c4cc(-c5ccc6c7ccccc7n(-c7ccc(-c8cc9c(cn8)oc8ccccc89)cc7)c6c5)ccc43)cc(-c3ccccc3)n2)cc1. The Labute approximate surface area is 362 Å². The highest BCUT2D eigenvalue weighted by Gasteiger charge is 2.18. The molecule has 13 aromatic rings. The number of nitrogens with zero attached hydrogens (tertiary/aromatic N) is 4. The number of pyridine rings is 2. The Morgan fingerprint density at radius 2 is 0.825 bits per heavy atom. The summed E-state index contributed by atoms with van der Waals surface area (Å²) in [5, 5.41) is 7.03. The van der Waals surface area contributed by atoms with Crippen molar-refractivity contribution in [2.75, 3.05) is 0 Å². The largest absolute Gasteiger partial charge is 0.454 e. The molecule has 0 bridgehead atoms. The monoisotopic (exact) mass is 804 g/mol. The molecule has 294 valence electrons. The molecule has 13 rings (SSSR count). The third kappa shape index (κ3) is 5.71. The molecule has 0 unspecified atom stereocenters. The second-order valence-corrected chi connectivity index (χ2v) is 16.2. The van der Waals surface area contributed by atoms with Crippen molar-refractivity contribution < 1.29 is 4.42 Å². The highest BCUT2D eigenvalue weighted by Crippen LogP contribution is 2.40. The molecule has 0 N–H and O–H groups in total. The summed E-state index contributed by atoms with van der Waals surface area (Å²) in [5.74, 6) is 0. The van der Waals surface area contributed by atoms with Crippen LogP contribution in [-0.2, 0) is 0 Å². The Hall–Kier alpha value is -8.54. The second-order valence-electron chi connectivity index (χ2n) is 16.2. The molecular formula is C58H36N4O. The summed E-state index contributed by atoms with van der Waals surface area (Å²) in [6.45, 7) is 0. The van der Waals surface area contributed by atoms with Crippen LogP contribution < -0.4 is 0 Å². The molecule has 8 aromatic carbocycles. The predicted molar refractivity (Wildman–Crippen MR) is 260 cm³/mol. The number of para-hydroxylation sites is 3. The van der Waals surface area contributed by atoms with Crippen LogP contribution in [0.5, 0.6) is 0 Å². The Balaban J connectivity index is 0.937. The van der Waals surface area contributed by atoms with Gasteiger partial charge in [0.1, 0.15) is 5.58 Å². The zero-order valence-electron chi connectivity index (χ0n) is 34.0. The van der Waals surface area contributed by atoms with Gasteiger partial charge in [0, 0.05) is 54.7 Å². The lowest BCUT2D eigenvalue weighted by Gasteiger charge is -2.13. The Kier molecular flexibility index (Phi) is 7.84. The van der Waals surface area contributed by atoms with Gasteiger partial charge < -0.3 is 13.6 Å². The molecular weight excluding hydrogens is 769 g/mol. The fourth-order valence-corrected chi connectivity index (χ4v) is 9.59. The summed E-state index contributed by atoms with van der Waals surface area (Å²) in [6, 6.07) is 75.7. The van der Waals surface area contributed by atoms with E-state index in [-0.39, 0.29) is 0 Å². The fourth-order valence-electron chi connectivity index (χ4n) is 9.59. The quantitative estimate of drug-likeness (QED) is 0.168. The van der Waals surface area contributed by atoms with E-state index in [2.05, 4.69) is 203 Å². The molecule has 0 radical (unpaired) electrons. The van der Waals surface area contributed by atoms with Crippen molar-refractivity contribution >= 4 is 65.6 Å². The average molecular weight is 805 g/mol. The zero-order chi connectivity index (χ0) is 41.4. The van der Waals surface area contributed by atoms with Crippen molar-refractivity contribution in [1.82, 2.24) is 19.1 Å². The summed E-state index contributed by atoms with van der Waals surface area (Å²) in [6.07, 6.45) is 1.84. The van der Waals surface area contributed by atoms with E-state index < -0.39 is 0 Å². The molecule has 5 heteroatoms. The number of benzene rings is 8. The van der Waals surface area contributed by atoms with Crippen molar-refractivity contribution in [3.63, 3.8) is 0 Å². The van der Waals surface area contributed by atoms with Crippen LogP contribution in [0.3, 0.4) is 0 Å². The fraction of sp³-hybridized carbons (Fsp3) is 0. The molecule has 5 heterocycles. The molecule has 0 aliphatic rings. The van der Waals surface area contributed by atoms with Gasteiger partial charge in [-0.25, -0.2) is 4.98 Å². The Bertz CT molecular complexity index is 3840. The van der Waals surface area contributed by atoms with Crippen LogP contribution >= 0.6 is 0 Å². The van der Waals surface area contributed by atoms with Crippen molar-refractivity contribution in [1.29, 1.82) is 0 Å². The molecule has 0 amide bonds. The number of aromatic nitrogens is 4. The van der Waals surface area contributed by atoms with Gasteiger partial charge in [-0.3, -0.25) is 4.98 Å². The van der Waals surface area contributed by atoms with Gasteiger partial charge in [0.15, 0.2) is 5.58 Å². The number of hydrogen-bond donors (Lipinski definition) is 0. The van der Waals surface area contributed by atoms with Gasteiger partial charge in [0.25, 0.3) is 0 Å². The second kappa shape index (κ2) is 14.0. The molecule has 0 saturated heterocycles. The van der Waals surface area contributed by atoms with Crippen LogP contribution in [0.4, 0.5) is 0 Å². The maximum Gasteiger partial charge on any atom is 0.153 e. The van der Waals surface area contributed by atoms with Crippen molar-refractivity contribution in [2.45, 2.75) is 0 Å². The summed E-state index contributed by atoms with van der Waals surface area (Å²) < 4.78 is 10.8. The van der Waals surface area contributed by atoms with Crippen LogP contribution in [0, 0.1) is 0 Å². The van der Waals surface area contributed by atoms with E-state index in [0.717, 1.165) is 94.8 Å². The Morgan fingerprint density at radius 3 is 1.54 bits per heavy atom. The third-order valence-electron chi connectivity index (χ3n) is 12.6. The molecule has 5 nitrogen and oxygen atoms in total. The van der Waals surface area contributed by atoms with Crippen LogP contribution in [0.2, 0.25) is 0 Å². The topological polar surface area (TPSA) is 48.8 Å². The third-order valence-corrected chi connectivity index (χ3v) is 12.6. The molecule has 0 fully saturated rings. The number of fused-ring (bicyclic) bond motifs is 9. The lowest BCUT2D eigenvalue weighted by molar-refractivity contribution is 0.667. The molecule has 0 aliphatic heterocycles. The minimum atomic E-state index is 0.797. The van der Waals surface area contributed by atoms with Crippen LogP contribution in [0.15, 0.2) is 223 Å². The van der Waals surface area contributed by atoms with Crippen LogP contribution in [0.25, 0.3) is 122 Å². The molecule has 0 atom stereocenters. The first-order valence-corrected chi connectivity index (χ1v) is 21.3. The highest BCUT2D eigenvalue weighted by atomic mass is 16.3. The minimum absolute atomic E-state index is 0.797. The van der Waals surface area contributed by atoms with Crippen LogP contribution in [-0.4, -0.2) is 19.1 Å². The Morgan fingerprint density at radius 1 is 0.302 bits per heavy atom. The van der Waals surface area contributed by atoms with Gasteiger partial charge in [-0.1, -0.05) is 146 Å². The first-order chi connectivity index (χ1) is 31.2. The van der Waals surface area contributed by atoms with E-state index >= 15 is 0 Å². The minimum Gasteiger partial charge on any atom is -0.454 e. The number of rotatable bonds is 6. The summed E-state index contributed by atoms with van der Waals surface area (Å²) >= 11 is 0. The van der Waals surface area contributed by atoms with E-state index in [0.29, 0.717) is 0 Å². The lowest BCUT2D eigenvalue weighted by atomic mass is 10.0. The normalized spacial score (nSPS) is 11.8. The van der Waals surface area contributed by atoms with E-state index in [4.69, 9.17) is 14.4 Å². The highest BCUT2D eigenvalue weighted by molar-refractivity contribution is 6.13. The molecule has 5 aromatic heterocycles. The van der Waals surface area contributed by atoms with Crippen molar-refractivity contribution in [2.24, 2.45) is 0 Å².